The molecular weight excluding hydrogens is 428 g/mol. The van der Waals surface area contributed by atoms with Crippen LogP contribution in [-0.2, 0) is 13.0 Å². The molecular formula is C27H32N4O3. The van der Waals surface area contributed by atoms with Crippen molar-refractivity contribution in [2.45, 2.75) is 45.6 Å². The van der Waals surface area contributed by atoms with Crippen LogP contribution in [0, 0.1) is 6.92 Å². The van der Waals surface area contributed by atoms with Gasteiger partial charge in [0.15, 0.2) is 0 Å². The van der Waals surface area contributed by atoms with Crippen molar-refractivity contribution in [3.8, 4) is 5.75 Å². The van der Waals surface area contributed by atoms with Crippen LogP contribution in [0.4, 0.5) is 0 Å². The van der Waals surface area contributed by atoms with Crippen LogP contribution in [0.2, 0.25) is 0 Å². The maximum Gasteiger partial charge on any atom is 0.251 e. The molecule has 0 aliphatic carbocycles. The molecule has 0 saturated heterocycles. The van der Waals surface area contributed by atoms with Gasteiger partial charge in [-0.15, -0.1) is 0 Å². The number of carbonyl (C=O) groups is 2. The first kappa shape index (κ1) is 23.5. The van der Waals surface area contributed by atoms with Gasteiger partial charge in [0.1, 0.15) is 11.6 Å². The zero-order chi connectivity index (χ0) is 23.8. The molecule has 7 nitrogen and oxygen atoms in total. The highest BCUT2D eigenvalue weighted by Crippen LogP contribution is 2.25. The highest BCUT2D eigenvalue weighted by molar-refractivity contribution is 5.95. The van der Waals surface area contributed by atoms with Crippen LogP contribution in [0.15, 0.2) is 54.9 Å². The Kier molecular flexibility index (Phi) is 7.96. The summed E-state index contributed by atoms with van der Waals surface area (Å²) < 4.78 is 8.16. The van der Waals surface area contributed by atoms with E-state index in [9.17, 15) is 9.59 Å². The van der Waals surface area contributed by atoms with Crippen LogP contribution < -0.4 is 15.4 Å². The van der Waals surface area contributed by atoms with Crippen molar-refractivity contribution < 1.29 is 14.3 Å². The molecule has 2 heterocycles. The molecule has 4 rings (SSSR count). The predicted octanol–water partition coefficient (Wildman–Crippen LogP) is 3.89. The van der Waals surface area contributed by atoms with Gasteiger partial charge in [0.2, 0.25) is 0 Å². The van der Waals surface area contributed by atoms with E-state index >= 15 is 0 Å². The first-order valence-electron chi connectivity index (χ1n) is 12.0. The van der Waals surface area contributed by atoms with E-state index in [0.717, 1.165) is 54.9 Å². The minimum absolute atomic E-state index is 0.0469. The second-order valence-electron chi connectivity index (χ2n) is 8.64. The van der Waals surface area contributed by atoms with Crippen LogP contribution in [0.3, 0.4) is 0 Å². The standard InChI is InChI=1S/C27H32N4O3/c1-20-28-13-15-31(20)14-6-12-30-27(33)23-9-10-25-24(19-23)18-21-7-5-8-22(17-21)26(32)29-11-3-2-4-16-34-25/h5,7-10,13,15,17,19H,2-4,6,11-12,14,16,18H2,1H3,(H,29,32)(H,30,33). The third-order valence-electron chi connectivity index (χ3n) is 6.06. The largest absolute Gasteiger partial charge is 0.493 e. The molecule has 7 heteroatoms. The molecule has 2 aromatic carbocycles. The van der Waals surface area contributed by atoms with Crippen molar-refractivity contribution in [3.05, 3.63) is 82.9 Å². The van der Waals surface area contributed by atoms with Gasteiger partial charge in [-0.25, -0.2) is 4.98 Å². The van der Waals surface area contributed by atoms with E-state index in [4.69, 9.17) is 4.74 Å². The fourth-order valence-corrected chi connectivity index (χ4v) is 4.13. The van der Waals surface area contributed by atoms with Crippen molar-refractivity contribution in [1.82, 2.24) is 20.2 Å². The lowest BCUT2D eigenvalue weighted by molar-refractivity contribution is 0.0944. The van der Waals surface area contributed by atoms with Gasteiger partial charge >= 0.3 is 0 Å². The van der Waals surface area contributed by atoms with Crippen molar-refractivity contribution in [1.29, 1.82) is 0 Å². The SMILES string of the molecule is Cc1nccn1CCCNC(=O)c1ccc2c(c1)Cc1cccc(c1)C(=O)NCCCCCO2. The number of ether oxygens (including phenoxy) is 1. The molecule has 178 valence electrons. The maximum absolute atomic E-state index is 12.8. The molecule has 3 aromatic rings. The Bertz CT molecular complexity index is 1140. The number of carbonyl (C=O) groups excluding carboxylic acids is 2. The summed E-state index contributed by atoms with van der Waals surface area (Å²) in [7, 11) is 0. The quantitative estimate of drug-likeness (QED) is 0.566. The summed E-state index contributed by atoms with van der Waals surface area (Å²) in [6, 6.07) is 13.3. The molecule has 0 atom stereocenters. The van der Waals surface area contributed by atoms with Crippen molar-refractivity contribution >= 4 is 11.8 Å². The summed E-state index contributed by atoms with van der Waals surface area (Å²) in [5.74, 6) is 1.62. The van der Waals surface area contributed by atoms with Gasteiger partial charge in [0.25, 0.3) is 11.8 Å². The van der Waals surface area contributed by atoms with Crippen LogP contribution >= 0.6 is 0 Å². The number of fused-ring (bicyclic) bond motifs is 3. The number of rotatable bonds is 5. The van der Waals surface area contributed by atoms with Gasteiger partial charge in [-0.1, -0.05) is 12.1 Å². The summed E-state index contributed by atoms with van der Waals surface area (Å²) in [6.45, 7) is 4.65. The summed E-state index contributed by atoms with van der Waals surface area (Å²) in [5.41, 5.74) is 3.20. The molecule has 0 fully saturated rings. The topological polar surface area (TPSA) is 85.2 Å². The Labute approximate surface area is 200 Å². The Morgan fingerprint density at radius 3 is 2.94 bits per heavy atom. The number of nitrogens with zero attached hydrogens (tertiary/aromatic N) is 2. The molecule has 0 radical (unpaired) electrons. The Balaban J connectivity index is 1.47. The highest BCUT2D eigenvalue weighted by atomic mass is 16.5. The third-order valence-corrected chi connectivity index (χ3v) is 6.06. The summed E-state index contributed by atoms with van der Waals surface area (Å²) in [6.07, 6.45) is 7.95. The molecule has 0 saturated carbocycles. The fraction of sp³-hybridized carbons (Fsp3) is 0.370. The van der Waals surface area contributed by atoms with E-state index in [-0.39, 0.29) is 11.8 Å². The number of imidazole rings is 1. The number of nitrogens with one attached hydrogen (secondary N) is 2. The van der Waals surface area contributed by atoms with E-state index < -0.39 is 0 Å². The number of hydrogen-bond donors (Lipinski definition) is 2. The molecule has 34 heavy (non-hydrogen) atoms. The number of aromatic nitrogens is 2. The zero-order valence-corrected chi connectivity index (χ0v) is 19.7. The third kappa shape index (κ3) is 6.25. The molecule has 0 spiro atoms. The molecule has 1 aliphatic heterocycles. The van der Waals surface area contributed by atoms with E-state index in [1.807, 2.05) is 55.6 Å². The van der Waals surface area contributed by atoms with Gasteiger partial charge in [-0.05, 0) is 74.1 Å². The summed E-state index contributed by atoms with van der Waals surface area (Å²) in [4.78, 5) is 29.5. The van der Waals surface area contributed by atoms with Crippen molar-refractivity contribution in [3.63, 3.8) is 0 Å². The van der Waals surface area contributed by atoms with Crippen molar-refractivity contribution in [2.75, 3.05) is 19.7 Å². The molecule has 1 aromatic heterocycles. The van der Waals surface area contributed by atoms with Crippen LogP contribution in [0.25, 0.3) is 0 Å². The summed E-state index contributed by atoms with van der Waals surface area (Å²) in [5, 5.41) is 6.00. The Hall–Kier alpha value is -3.61. The Morgan fingerprint density at radius 2 is 2.09 bits per heavy atom. The first-order chi connectivity index (χ1) is 16.6. The first-order valence-corrected chi connectivity index (χ1v) is 12.0. The number of hydrogen-bond acceptors (Lipinski definition) is 4. The van der Waals surface area contributed by atoms with Gasteiger partial charge in [-0.3, -0.25) is 9.59 Å². The number of aryl methyl sites for hydroxylation is 2. The molecule has 2 amide bonds. The van der Waals surface area contributed by atoms with Crippen LogP contribution in [0.5, 0.6) is 5.75 Å². The lowest BCUT2D eigenvalue weighted by Gasteiger charge is -2.15. The number of amides is 2. The monoisotopic (exact) mass is 460 g/mol. The van der Waals surface area contributed by atoms with Gasteiger partial charge in [-0.2, -0.15) is 0 Å². The van der Waals surface area contributed by atoms with Gasteiger partial charge < -0.3 is 19.9 Å². The highest BCUT2D eigenvalue weighted by Gasteiger charge is 2.13. The number of benzene rings is 2. The van der Waals surface area contributed by atoms with Crippen LogP contribution in [-0.4, -0.2) is 41.1 Å². The lowest BCUT2D eigenvalue weighted by Crippen LogP contribution is -2.25. The predicted molar refractivity (Wildman–Crippen MR) is 131 cm³/mol. The minimum Gasteiger partial charge on any atom is -0.493 e. The average molecular weight is 461 g/mol. The van der Waals surface area contributed by atoms with E-state index in [2.05, 4.69) is 20.2 Å². The molecule has 2 N–H and O–H groups in total. The second-order valence-corrected chi connectivity index (χ2v) is 8.64. The lowest BCUT2D eigenvalue weighted by atomic mass is 9.99. The average Bonchev–Trinajstić information content (AvgIpc) is 3.25. The second kappa shape index (κ2) is 11.5. The normalized spacial score (nSPS) is 14.3. The molecule has 1 aliphatic rings. The zero-order valence-electron chi connectivity index (χ0n) is 19.7. The molecule has 2 bridgehead atoms. The summed E-state index contributed by atoms with van der Waals surface area (Å²) >= 11 is 0. The Morgan fingerprint density at radius 1 is 1.18 bits per heavy atom. The van der Waals surface area contributed by atoms with Crippen molar-refractivity contribution in [2.24, 2.45) is 0 Å². The fourth-order valence-electron chi connectivity index (χ4n) is 4.13. The molecule has 0 unspecified atom stereocenters. The van der Waals surface area contributed by atoms with E-state index in [0.29, 0.717) is 37.2 Å². The minimum atomic E-state index is -0.0994. The van der Waals surface area contributed by atoms with Gasteiger partial charge in [0, 0.05) is 49.6 Å². The maximum atomic E-state index is 12.8. The smallest absolute Gasteiger partial charge is 0.251 e. The van der Waals surface area contributed by atoms with Crippen LogP contribution in [0.1, 0.15) is 63.4 Å². The van der Waals surface area contributed by atoms with E-state index in [1.165, 1.54) is 0 Å². The van der Waals surface area contributed by atoms with E-state index in [1.54, 1.807) is 6.20 Å². The van der Waals surface area contributed by atoms with Gasteiger partial charge in [0.05, 0.1) is 6.61 Å².